The molecular weight excluding hydrogens is 328 g/mol. The van der Waals surface area contributed by atoms with Crippen molar-refractivity contribution in [3.8, 4) is 0 Å². The Bertz CT molecular complexity index is 717. The second-order valence-electron chi connectivity index (χ2n) is 7.10. The first-order chi connectivity index (χ1) is 12.8. The zero-order valence-corrected chi connectivity index (χ0v) is 15.0. The predicted octanol–water partition coefficient (Wildman–Crippen LogP) is 1.60. The van der Waals surface area contributed by atoms with Gasteiger partial charge < -0.3 is 15.5 Å². The van der Waals surface area contributed by atoms with Gasteiger partial charge in [0.15, 0.2) is 0 Å². The van der Waals surface area contributed by atoms with E-state index >= 15 is 0 Å². The summed E-state index contributed by atoms with van der Waals surface area (Å²) in [5.41, 5.74) is 0.516. The fourth-order valence-corrected chi connectivity index (χ4v) is 3.77. The van der Waals surface area contributed by atoms with Crippen LogP contribution in [0.5, 0.6) is 0 Å². The monoisotopic (exact) mass is 354 g/mol. The first-order valence-corrected chi connectivity index (χ1v) is 9.52. The van der Waals surface area contributed by atoms with E-state index in [1.165, 1.54) is 0 Å². The lowest BCUT2D eigenvalue weighted by atomic mass is 10.0. The molecule has 0 aromatic carbocycles. The SMILES string of the molecule is O=C(NC1CCN(c2ccccn2)CC1)c1ccn(C2CCCNC2)n1. The molecule has 26 heavy (non-hydrogen) atoms. The number of aromatic nitrogens is 3. The molecule has 2 aromatic heterocycles. The molecule has 2 aliphatic rings. The standard InChI is InChI=1S/C19H26N6O/c26-19(17-8-13-25(23-17)16-4-3-9-20-14-16)22-15-6-11-24(12-7-15)18-5-1-2-10-21-18/h1-2,5,8,10,13,15-16,20H,3-4,6-7,9,11-12,14H2,(H,22,26). The van der Waals surface area contributed by atoms with Gasteiger partial charge in [-0.05, 0) is 50.4 Å². The topological polar surface area (TPSA) is 75.1 Å². The van der Waals surface area contributed by atoms with Gasteiger partial charge in [-0.3, -0.25) is 9.48 Å². The van der Waals surface area contributed by atoms with E-state index in [1.54, 1.807) is 0 Å². The summed E-state index contributed by atoms with van der Waals surface area (Å²) in [7, 11) is 0. The minimum atomic E-state index is -0.0659. The molecule has 0 bridgehead atoms. The molecule has 7 nitrogen and oxygen atoms in total. The maximum Gasteiger partial charge on any atom is 0.271 e. The summed E-state index contributed by atoms with van der Waals surface area (Å²) in [6.07, 6.45) is 7.87. The highest BCUT2D eigenvalue weighted by molar-refractivity contribution is 5.92. The van der Waals surface area contributed by atoms with E-state index in [2.05, 4.69) is 25.6 Å². The van der Waals surface area contributed by atoms with Crippen molar-refractivity contribution in [3.05, 3.63) is 42.4 Å². The minimum absolute atomic E-state index is 0.0659. The number of amides is 1. The molecule has 1 atom stereocenters. The van der Waals surface area contributed by atoms with Crippen molar-refractivity contribution in [3.63, 3.8) is 0 Å². The molecule has 138 valence electrons. The summed E-state index contributed by atoms with van der Waals surface area (Å²) < 4.78 is 1.94. The highest BCUT2D eigenvalue weighted by atomic mass is 16.2. The average molecular weight is 354 g/mol. The van der Waals surface area contributed by atoms with Gasteiger partial charge in [0.1, 0.15) is 11.5 Å². The number of carbonyl (C=O) groups is 1. The Balaban J connectivity index is 1.29. The molecule has 0 spiro atoms. The van der Waals surface area contributed by atoms with Gasteiger partial charge in [0.2, 0.25) is 0 Å². The molecule has 2 N–H and O–H groups in total. The Hall–Kier alpha value is -2.41. The van der Waals surface area contributed by atoms with Gasteiger partial charge in [-0.1, -0.05) is 6.07 Å². The van der Waals surface area contributed by atoms with Crippen LogP contribution in [-0.4, -0.2) is 52.9 Å². The maximum absolute atomic E-state index is 12.5. The third kappa shape index (κ3) is 3.88. The number of anilines is 1. The van der Waals surface area contributed by atoms with Gasteiger partial charge in [-0.15, -0.1) is 0 Å². The van der Waals surface area contributed by atoms with E-state index in [9.17, 15) is 4.79 Å². The van der Waals surface area contributed by atoms with Crippen LogP contribution in [0, 0.1) is 0 Å². The number of carbonyl (C=O) groups excluding carboxylic acids is 1. The van der Waals surface area contributed by atoms with E-state index in [0.29, 0.717) is 11.7 Å². The lowest BCUT2D eigenvalue weighted by Crippen LogP contribution is -2.45. The van der Waals surface area contributed by atoms with Crippen LogP contribution in [0.25, 0.3) is 0 Å². The van der Waals surface area contributed by atoms with Crippen molar-refractivity contribution >= 4 is 11.7 Å². The smallest absolute Gasteiger partial charge is 0.271 e. The summed E-state index contributed by atoms with van der Waals surface area (Å²) in [6.45, 7) is 3.81. The van der Waals surface area contributed by atoms with Gasteiger partial charge >= 0.3 is 0 Å². The summed E-state index contributed by atoms with van der Waals surface area (Å²) in [5, 5.41) is 11.0. The molecule has 2 aromatic rings. The van der Waals surface area contributed by atoms with Crippen LogP contribution in [0.3, 0.4) is 0 Å². The first kappa shape index (κ1) is 17.0. The number of hydrogen-bond donors (Lipinski definition) is 2. The van der Waals surface area contributed by atoms with Crippen molar-refractivity contribution in [2.45, 2.75) is 37.8 Å². The van der Waals surface area contributed by atoms with Gasteiger partial charge in [-0.2, -0.15) is 5.10 Å². The van der Waals surface area contributed by atoms with Gasteiger partial charge in [0.05, 0.1) is 6.04 Å². The number of piperidine rings is 2. The molecule has 0 radical (unpaired) electrons. The molecule has 0 aliphatic carbocycles. The fraction of sp³-hybridized carbons (Fsp3) is 0.526. The minimum Gasteiger partial charge on any atom is -0.356 e. The van der Waals surface area contributed by atoms with Crippen molar-refractivity contribution in [1.29, 1.82) is 0 Å². The third-order valence-corrected chi connectivity index (χ3v) is 5.29. The fourth-order valence-electron chi connectivity index (χ4n) is 3.77. The Morgan fingerprint density at radius 1 is 1.19 bits per heavy atom. The molecule has 0 saturated carbocycles. The van der Waals surface area contributed by atoms with Crippen LogP contribution in [0.4, 0.5) is 5.82 Å². The normalized spacial score (nSPS) is 21.5. The molecule has 2 saturated heterocycles. The van der Waals surface area contributed by atoms with Gasteiger partial charge in [0.25, 0.3) is 5.91 Å². The van der Waals surface area contributed by atoms with Crippen molar-refractivity contribution in [1.82, 2.24) is 25.4 Å². The van der Waals surface area contributed by atoms with E-state index in [1.807, 2.05) is 41.3 Å². The summed E-state index contributed by atoms with van der Waals surface area (Å²) >= 11 is 0. The number of hydrogen-bond acceptors (Lipinski definition) is 5. The summed E-state index contributed by atoms with van der Waals surface area (Å²) in [5.74, 6) is 0.945. The van der Waals surface area contributed by atoms with Crippen LogP contribution in [0.1, 0.15) is 42.2 Å². The lowest BCUT2D eigenvalue weighted by Gasteiger charge is -2.33. The van der Waals surface area contributed by atoms with Crippen LogP contribution < -0.4 is 15.5 Å². The third-order valence-electron chi connectivity index (χ3n) is 5.29. The quantitative estimate of drug-likeness (QED) is 0.872. The first-order valence-electron chi connectivity index (χ1n) is 9.52. The molecule has 4 rings (SSSR count). The molecule has 2 fully saturated rings. The Labute approximate surface area is 153 Å². The van der Waals surface area contributed by atoms with Crippen LogP contribution >= 0.6 is 0 Å². The Morgan fingerprint density at radius 3 is 2.81 bits per heavy atom. The molecule has 4 heterocycles. The van der Waals surface area contributed by atoms with E-state index in [4.69, 9.17) is 0 Å². The largest absolute Gasteiger partial charge is 0.356 e. The second-order valence-corrected chi connectivity index (χ2v) is 7.10. The highest BCUT2D eigenvalue weighted by Gasteiger charge is 2.23. The van der Waals surface area contributed by atoms with E-state index in [0.717, 1.165) is 57.7 Å². The Kier molecular flexibility index (Phi) is 5.15. The molecular formula is C19H26N6O. The summed E-state index contributed by atoms with van der Waals surface area (Å²) in [4.78, 5) is 19.2. The van der Waals surface area contributed by atoms with Crippen molar-refractivity contribution in [2.75, 3.05) is 31.1 Å². The van der Waals surface area contributed by atoms with Crippen molar-refractivity contribution in [2.24, 2.45) is 0 Å². The summed E-state index contributed by atoms with van der Waals surface area (Å²) in [6, 6.07) is 8.35. The maximum atomic E-state index is 12.5. The molecule has 1 unspecified atom stereocenters. The lowest BCUT2D eigenvalue weighted by molar-refractivity contribution is 0.0924. The van der Waals surface area contributed by atoms with Crippen LogP contribution in [-0.2, 0) is 0 Å². The van der Waals surface area contributed by atoms with E-state index in [-0.39, 0.29) is 11.9 Å². The molecule has 2 aliphatic heterocycles. The number of pyridine rings is 1. The number of rotatable bonds is 4. The second kappa shape index (κ2) is 7.86. The Morgan fingerprint density at radius 2 is 2.08 bits per heavy atom. The van der Waals surface area contributed by atoms with E-state index < -0.39 is 0 Å². The van der Waals surface area contributed by atoms with Crippen LogP contribution in [0.15, 0.2) is 36.7 Å². The zero-order valence-electron chi connectivity index (χ0n) is 15.0. The average Bonchev–Trinajstić information content (AvgIpc) is 3.20. The van der Waals surface area contributed by atoms with Crippen molar-refractivity contribution < 1.29 is 4.79 Å². The molecule has 7 heteroatoms. The molecule has 1 amide bonds. The van der Waals surface area contributed by atoms with Gasteiger partial charge in [0, 0.05) is 38.1 Å². The number of nitrogens with zero attached hydrogens (tertiary/aromatic N) is 4. The van der Waals surface area contributed by atoms with Gasteiger partial charge in [-0.25, -0.2) is 4.98 Å². The highest BCUT2D eigenvalue weighted by Crippen LogP contribution is 2.18. The zero-order chi connectivity index (χ0) is 17.8. The predicted molar refractivity (Wildman–Crippen MR) is 100 cm³/mol. The number of nitrogens with one attached hydrogen (secondary N) is 2. The van der Waals surface area contributed by atoms with Crippen LogP contribution in [0.2, 0.25) is 0 Å².